The fourth-order valence-electron chi connectivity index (χ4n) is 4.07. The zero-order chi connectivity index (χ0) is 22.2. The van der Waals surface area contributed by atoms with Crippen LogP contribution in [-0.2, 0) is 11.3 Å². The van der Waals surface area contributed by atoms with E-state index in [1.54, 1.807) is 12.1 Å². The average molecular weight is 435 g/mol. The molecule has 7 nitrogen and oxygen atoms in total. The first kappa shape index (κ1) is 20.0. The maximum absolute atomic E-state index is 14.3. The Bertz CT molecular complexity index is 1210. The second-order valence-electron chi connectivity index (χ2n) is 7.73. The number of rotatable bonds is 4. The molecule has 0 saturated carbocycles. The Labute approximate surface area is 182 Å². The van der Waals surface area contributed by atoms with E-state index >= 15 is 0 Å². The molecule has 1 saturated heterocycles. The molecule has 2 aliphatic rings. The van der Waals surface area contributed by atoms with Gasteiger partial charge in [0.25, 0.3) is 5.91 Å². The van der Waals surface area contributed by atoms with Crippen molar-refractivity contribution in [1.82, 2.24) is 20.6 Å². The minimum Gasteiger partial charge on any atom is -0.356 e. The summed E-state index contributed by atoms with van der Waals surface area (Å²) in [5.41, 5.74) is 1.76. The van der Waals surface area contributed by atoms with Crippen LogP contribution in [-0.4, -0.2) is 28.3 Å². The third-order valence-corrected chi connectivity index (χ3v) is 5.67. The van der Waals surface area contributed by atoms with E-state index in [1.165, 1.54) is 6.07 Å². The Hall–Kier alpha value is -3.88. The third kappa shape index (κ3) is 3.55. The molecule has 3 N–H and O–H groups in total. The van der Waals surface area contributed by atoms with Crippen molar-refractivity contribution < 1.29 is 18.4 Å². The molecule has 1 fully saturated rings. The number of nitrogens with zero attached hydrogens (tertiary/aromatic N) is 2. The first-order valence-electron chi connectivity index (χ1n) is 10.3. The molecule has 3 heterocycles. The molecular formula is C23H19F2N5O2. The fourth-order valence-corrected chi connectivity index (χ4v) is 4.07. The van der Waals surface area contributed by atoms with Crippen molar-refractivity contribution in [3.63, 3.8) is 0 Å². The monoisotopic (exact) mass is 435 g/mol. The van der Waals surface area contributed by atoms with Crippen molar-refractivity contribution >= 4 is 23.3 Å². The van der Waals surface area contributed by atoms with E-state index in [9.17, 15) is 18.4 Å². The number of nitrogens with one attached hydrogen (secondary N) is 3. The van der Waals surface area contributed by atoms with Crippen molar-refractivity contribution in [2.24, 2.45) is 0 Å². The predicted octanol–water partition coefficient (Wildman–Crippen LogP) is 3.40. The van der Waals surface area contributed by atoms with E-state index in [0.717, 1.165) is 30.5 Å². The zero-order valence-corrected chi connectivity index (χ0v) is 16.9. The second kappa shape index (κ2) is 7.99. The number of amides is 2. The van der Waals surface area contributed by atoms with Gasteiger partial charge in [-0.2, -0.15) is 0 Å². The smallest absolute Gasteiger partial charge is 0.257 e. The Balaban J connectivity index is 1.50. The molecule has 0 aliphatic carbocycles. The van der Waals surface area contributed by atoms with E-state index in [1.807, 2.05) is 12.1 Å². The number of piperidine rings is 1. The molecule has 0 radical (unpaired) electrons. The van der Waals surface area contributed by atoms with Gasteiger partial charge in [-0.25, -0.2) is 18.7 Å². The van der Waals surface area contributed by atoms with Crippen LogP contribution in [0.2, 0.25) is 0 Å². The van der Waals surface area contributed by atoms with Crippen LogP contribution in [0.25, 0.3) is 11.4 Å². The highest BCUT2D eigenvalue weighted by molar-refractivity contribution is 6.03. The number of carbonyl (C=O) groups excluding carboxylic acids is 2. The standard InChI is InChI=1S/C23H19F2N5O2/c24-15-4-1-5-16(25)18(15)20-29-17-11-27-23(32)19(17)21(30-20)28-13-8-6-12(7-9-13)14-3-2-10-26-22(14)31/h1,4-9,14H,2-3,10-11H2,(H,26,31)(H,27,32)(H,28,29,30)/t14-/m1/s1. The molecule has 0 bridgehead atoms. The largest absolute Gasteiger partial charge is 0.356 e. The minimum absolute atomic E-state index is 0.0128. The molecule has 0 spiro atoms. The van der Waals surface area contributed by atoms with Crippen molar-refractivity contribution in [1.29, 1.82) is 0 Å². The number of halogens is 2. The van der Waals surface area contributed by atoms with Gasteiger partial charge in [0.15, 0.2) is 5.82 Å². The van der Waals surface area contributed by atoms with Crippen molar-refractivity contribution in [3.8, 4) is 11.4 Å². The molecule has 0 unspecified atom stereocenters. The number of fused-ring (bicyclic) bond motifs is 1. The lowest BCUT2D eigenvalue weighted by Crippen LogP contribution is -2.34. The zero-order valence-electron chi connectivity index (χ0n) is 16.9. The maximum atomic E-state index is 14.3. The molecule has 1 aromatic heterocycles. The summed E-state index contributed by atoms with van der Waals surface area (Å²) in [6.45, 7) is 0.838. The summed E-state index contributed by atoms with van der Waals surface area (Å²) < 4.78 is 28.6. The highest BCUT2D eigenvalue weighted by atomic mass is 19.1. The molecule has 162 valence electrons. The first-order valence-corrected chi connectivity index (χ1v) is 10.3. The number of anilines is 2. The first-order chi connectivity index (χ1) is 15.5. The number of aromatic nitrogens is 2. The summed E-state index contributed by atoms with van der Waals surface area (Å²) >= 11 is 0. The quantitative estimate of drug-likeness (QED) is 0.584. The summed E-state index contributed by atoms with van der Waals surface area (Å²) in [5.74, 6) is -2.11. The van der Waals surface area contributed by atoms with Crippen molar-refractivity contribution in [2.45, 2.75) is 25.3 Å². The van der Waals surface area contributed by atoms with Crippen molar-refractivity contribution in [2.75, 3.05) is 11.9 Å². The molecule has 2 aromatic carbocycles. The molecule has 9 heteroatoms. The third-order valence-electron chi connectivity index (χ3n) is 5.67. The normalized spacial score (nSPS) is 17.5. The number of carbonyl (C=O) groups is 2. The van der Waals surface area contributed by atoms with E-state index < -0.39 is 11.6 Å². The Kier molecular flexibility index (Phi) is 5.01. The molecule has 3 aromatic rings. The molecule has 1 atom stereocenters. The lowest BCUT2D eigenvalue weighted by Gasteiger charge is -2.22. The van der Waals surface area contributed by atoms with Crippen molar-refractivity contribution in [3.05, 3.63) is 70.9 Å². The highest BCUT2D eigenvalue weighted by Crippen LogP contribution is 2.31. The van der Waals surface area contributed by atoms with Gasteiger partial charge in [-0.15, -0.1) is 0 Å². The van der Waals surface area contributed by atoms with Crippen LogP contribution in [0.15, 0.2) is 42.5 Å². The molecule has 32 heavy (non-hydrogen) atoms. The highest BCUT2D eigenvalue weighted by Gasteiger charge is 2.28. The van der Waals surface area contributed by atoms with Gasteiger partial charge in [-0.1, -0.05) is 18.2 Å². The van der Waals surface area contributed by atoms with E-state index in [-0.39, 0.29) is 47.0 Å². The second-order valence-corrected chi connectivity index (χ2v) is 7.73. The summed E-state index contributed by atoms with van der Waals surface area (Å²) in [4.78, 5) is 32.9. The number of hydrogen-bond acceptors (Lipinski definition) is 5. The Morgan fingerprint density at radius 2 is 1.69 bits per heavy atom. The lowest BCUT2D eigenvalue weighted by atomic mass is 9.91. The van der Waals surface area contributed by atoms with Crippen LogP contribution in [0.5, 0.6) is 0 Å². The van der Waals surface area contributed by atoms with E-state index in [2.05, 4.69) is 25.9 Å². The van der Waals surface area contributed by atoms with Gasteiger partial charge in [0, 0.05) is 12.2 Å². The Morgan fingerprint density at radius 3 is 2.41 bits per heavy atom. The van der Waals surface area contributed by atoms with Crippen LogP contribution >= 0.6 is 0 Å². The van der Waals surface area contributed by atoms with Gasteiger partial charge in [-0.3, -0.25) is 9.59 Å². The van der Waals surface area contributed by atoms with E-state index in [4.69, 9.17) is 0 Å². The fraction of sp³-hybridized carbons (Fsp3) is 0.217. The number of benzene rings is 2. The SMILES string of the molecule is O=C1NCc2nc(-c3c(F)cccc3F)nc(Nc3ccc([C@H]4CCCNC4=O)cc3)c21. The van der Waals surface area contributed by atoms with Crippen LogP contribution < -0.4 is 16.0 Å². The minimum atomic E-state index is -0.789. The molecule has 2 aliphatic heterocycles. The summed E-state index contributed by atoms with van der Waals surface area (Å²) in [5, 5.41) is 8.60. The molecule has 5 rings (SSSR count). The number of hydrogen-bond donors (Lipinski definition) is 3. The lowest BCUT2D eigenvalue weighted by molar-refractivity contribution is -0.123. The Morgan fingerprint density at radius 1 is 0.938 bits per heavy atom. The van der Waals surface area contributed by atoms with Crippen LogP contribution in [0.3, 0.4) is 0 Å². The summed E-state index contributed by atoms with van der Waals surface area (Å²) in [6, 6.07) is 10.8. The van der Waals surface area contributed by atoms with Gasteiger partial charge in [-0.05, 0) is 42.7 Å². The van der Waals surface area contributed by atoms with Crippen LogP contribution in [0.1, 0.15) is 40.4 Å². The maximum Gasteiger partial charge on any atom is 0.257 e. The van der Waals surface area contributed by atoms with Gasteiger partial charge >= 0.3 is 0 Å². The summed E-state index contributed by atoms with van der Waals surface area (Å²) in [6.07, 6.45) is 1.71. The predicted molar refractivity (Wildman–Crippen MR) is 113 cm³/mol. The van der Waals surface area contributed by atoms with Gasteiger partial charge in [0.2, 0.25) is 5.91 Å². The summed E-state index contributed by atoms with van der Waals surface area (Å²) in [7, 11) is 0. The van der Waals surface area contributed by atoms with E-state index in [0.29, 0.717) is 17.9 Å². The van der Waals surface area contributed by atoms with Crippen LogP contribution in [0.4, 0.5) is 20.3 Å². The average Bonchev–Trinajstić information content (AvgIpc) is 3.16. The molecular weight excluding hydrogens is 416 g/mol. The van der Waals surface area contributed by atoms with Crippen LogP contribution in [0, 0.1) is 11.6 Å². The van der Waals surface area contributed by atoms with Gasteiger partial charge in [0.1, 0.15) is 23.0 Å². The topological polar surface area (TPSA) is 96.0 Å². The van der Waals surface area contributed by atoms with Gasteiger partial charge in [0.05, 0.1) is 23.7 Å². The molecule has 2 amide bonds. The van der Waals surface area contributed by atoms with Gasteiger partial charge < -0.3 is 16.0 Å².